The Balaban J connectivity index is 1.27. The molecule has 5 aromatic carbocycles. The van der Waals surface area contributed by atoms with Crippen molar-refractivity contribution >= 4 is 33.8 Å². The number of thiophene rings is 1. The number of carbonyl (C=O) groups is 1. The van der Waals surface area contributed by atoms with Crippen LogP contribution in [0.2, 0.25) is 0 Å². The molecule has 2 heteroatoms. The molecular weight excluding hydrogens is 529 g/mol. The predicted molar refractivity (Wildman–Crippen MR) is 176 cm³/mol. The summed E-state index contributed by atoms with van der Waals surface area (Å²) in [6, 6.07) is 43.9. The fourth-order valence-corrected chi connectivity index (χ4v) is 8.36. The lowest BCUT2D eigenvalue weighted by Crippen LogP contribution is -2.15. The molecule has 8 rings (SSSR count). The number of fused-ring (bicyclic) bond motifs is 3. The van der Waals surface area contributed by atoms with Gasteiger partial charge in [-0.1, -0.05) is 128 Å². The van der Waals surface area contributed by atoms with E-state index in [-0.39, 0.29) is 17.8 Å². The summed E-state index contributed by atoms with van der Waals surface area (Å²) in [5.74, 6) is -0.107. The quantitative estimate of drug-likeness (QED) is 0.192. The van der Waals surface area contributed by atoms with Gasteiger partial charge in [0.2, 0.25) is 0 Å². The van der Waals surface area contributed by atoms with Crippen molar-refractivity contribution in [3.8, 4) is 21.6 Å². The number of aldehydes is 1. The third kappa shape index (κ3) is 3.94. The molecule has 0 bridgehead atoms. The van der Waals surface area contributed by atoms with Crippen molar-refractivity contribution < 1.29 is 4.79 Å². The molecule has 1 nitrogen and oxygen atoms in total. The van der Waals surface area contributed by atoms with Gasteiger partial charge in [-0.2, -0.15) is 0 Å². The van der Waals surface area contributed by atoms with Gasteiger partial charge in [0, 0.05) is 21.4 Å². The maximum Gasteiger partial charge on any atom is 0.128 e. The van der Waals surface area contributed by atoms with Gasteiger partial charge in [0.15, 0.2) is 0 Å². The van der Waals surface area contributed by atoms with Crippen molar-refractivity contribution in [3.63, 3.8) is 0 Å². The molecule has 42 heavy (non-hydrogen) atoms. The lowest BCUT2D eigenvalue weighted by atomic mass is 9.77. The smallest absolute Gasteiger partial charge is 0.128 e. The first-order chi connectivity index (χ1) is 20.7. The summed E-state index contributed by atoms with van der Waals surface area (Å²) in [5, 5.41) is 1.29. The number of benzene rings is 5. The van der Waals surface area contributed by atoms with Gasteiger partial charge in [0.25, 0.3) is 0 Å². The predicted octanol–water partition coefficient (Wildman–Crippen LogP) is 10.6. The molecule has 2 aliphatic carbocycles. The summed E-state index contributed by atoms with van der Waals surface area (Å²) in [7, 11) is 0. The van der Waals surface area contributed by atoms with Crippen molar-refractivity contribution in [1.82, 2.24) is 0 Å². The Morgan fingerprint density at radius 2 is 1.45 bits per heavy atom. The lowest BCUT2D eigenvalue weighted by molar-refractivity contribution is -0.109. The number of carbonyl (C=O) groups excluding carboxylic acids is 1. The molecule has 0 amide bonds. The van der Waals surface area contributed by atoms with Crippen molar-refractivity contribution in [2.24, 2.45) is 0 Å². The van der Waals surface area contributed by atoms with E-state index >= 15 is 0 Å². The summed E-state index contributed by atoms with van der Waals surface area (Å²) >= 11 is 1.83. The fraction of sp³-hybridized carbons (Fsp3) is 0.125. The molecule has 0 radical (unpaired) electrons. The average molecular weight is 559 g/mol. The van der Waals surface area contributed by atoms with Gasteiger partial charge >= 0.3 is 0 Å². The molecule has 1 aromatic heterocycles. The van der Waals surface area contributed by atoms with Gasteiger partial charge in [-0.25, -0.2) is 0 Å². The highest BCUT2D eigenvalue weighted by atomic mass is 32.1. The van der Waals surface area contributed by atoms with E-state index < -0.39 is 0 Å². The summed E-state index contributed by atoms with van der Waals surface area (Å²) < 4.78 is 1.31. The average Bonchev–Trinajstić information content (AvgIpc) is 3.62. The minimum atomic E-state index is -0.268. The van der Waals surface area contributed by atoms with Gasteiger partial charge in [-0.05, 0) is 74.0 Å². The first kappa shape index (κ1) is 25.2. The normalized spacial score (nSPS) is 18.7. The van der Waals surface area contributed by atoms with Crippen LogP contribution in [0.4, 0.5) is 0 Å². The Morgan fingerprint density at radius 1 is 0.690 bits per heavy atom. The molecule has 0 N–H and O–H groups in total. The fourth-order valence-electron chi connectivity index (χ4n) is 7.29. The van der Waals surface area contributed by atoms with Crippen LogP contribution >= 0.6 is 11.3 Å². The van der Waals surface area contributed by atoms with Crippen molar-refractivity contribution in [3.05, 3.63) is 160 Å². The molecule has 2 aliphatic rings. The highest BCUT2D eigenvalue weighted by molar-refractivity contribution is 7.22. The zero-order valence-electron chi connectivity index (χ0n) is 23.5. The van der Waals surface area contributed by atoms with E-state index in [0.29, 0.717) is 0 Å². The van der Waals surface area contributed by atoms with Crippen LogP contribution in [0.25, 0.3) is 37.7 Å². The summed E-state index contributed by atoms with van der Waals surface area (Å²) in [6.07, 6.45) is 4.57. The molecule has 202 valence electrons. The monoisotopic (exact) mass is 558 g/mol. The molecule has 0 saturated heterocycles. The number of hydrogen-bond donors (Lipinski definition) is 0. The largest absolute Gasteiger partial charge is 0.303 e. The van der Waals surface area contributed by atoms with E-state index in [9.17, 15) is 4.79 Å². The molecule has 3 unspecified atom stereocenters. The van der Waals surface area contributed by atoms with Crippen LogP contribution in [0.15, 0.2) is 127 Å². The van der Waals surface area contributed by atoms with Gasteiger partial charge in [0.1, 0.15) is 6.29 Å². The van der Waals surface area contributed by atoms with E-state index in [1.807, 2.05) is 11.3 Å². The van der Waals surface area contributed by atoms with E-state index in [2.05, 4.69) is 134 Å². The second kappa shape index (κ2) is 10.1. The van der Waals surface area contributed by atoms with E-state index in [1.165, 1.54) is 65.8 Å². The Hall–Kier alpha value is -4.53. The maximum absolute atomic E-state index is 13.1. The maximum atomic E-state index is 13.1. The minimum absolute atomic E-state index is 0.0300. The van der Waals surface area contributed by atoms with Gasteiger partial charge in [-0.3, -0.25) is 0 Å². The summed E-state index contributed by atoms with van der Waals surface area (Å²) in [5.41, 5.74) is 12.6. The first-order valence-corrected chi connectivity index (χ1v) is 15.6. The highest BCUT2D eigenvalue weighted by Gasteiger charge is 2.40. The Labute approximate surface area is 250 Å². The zero-order chi connectivity index (χ0) is 28.2. The molecule has 0 spiro atoms. The van der Waals surface area contributed by atoms with Crippen LogP contribution in [0.5, 0.6) is 0 Å². The second-order valence-corrected chi connectivity index (χ2v) is 12.6. The molecule has 3 atom stereocenters. The number of allylic oxidation sites excluding steroid dienone is 1. The molecule has 0 fully saturated rings. The topological polar surface area (TPSA) is 17.1 Å². The molecule has 0 saturated carbocycles. The van der Waals surface area contributed by atoms with Crippen LogP contribution in [0, 0.1) is 0 Å². The van der Waals surface area contributed by atoms with Crippen molar-refractivity contribution in [2.45, 2.75) is 31.1 Å². The van der Waals surface area contributed by atoms with E-state index in [1.54, 1.807) is 0 Å². The number of hydrogen-bond acceptors (Lipinski definition) is 2. The van der Waals surface area contributed by atoms with Crippen molar-refractivity contribution in [2.75, 3.05) is 0 Å². The van der Waals surface area contributed by atoms with Gasteiger partial charge < -0.3 is 4.79 Å². The van der Waals surface area contributed by atoms with E-state index in [0.717, 1.165) is 17.5 Å². The zero-order valence-corrected chi connectivity index (χ0v) is 24.3. The Kier molecular flexibility index (Phi) is 6.05. The van der Waals surface area contributed by atoms with Crippen LogP contribution in [-0.2, 0) is 4.79 Å². The Bertz CT molecular complexity index is 1960. The molecule has 0 aliphatic heterocycles. The molecule has 6 aromatic rings. The SMILES string of the molecule is CCC1=Cc2cccc3c2C1c1ccc(-c2ccc(-c4cc5ccccc5s4)cc2)cc1C(C=O)C3c1ccccc1. The first-order valence-electron chi connectivity index (χ1n) is 14.8. The molecular formula is C40H30OS. The third-order valence-corrected chi connectivity index (χ3v) is 10.4. The van der Waals surface area contributed by atoms with Gasteiger partial charge in [-0.15, -0.1) is 11.3 Å². The number of rotatable bonds is 5. The van der Waals surface area contributed by atoms with Crippen molar-refractivity contribution in [1.29, 1.82) is 0 Å². The van der Waals surface area contributed by atoms with Crippen LogP contribution < -0.4 is 0 Å². The highest BCUT2D eigenvalue weighted by Crippen LogP contribution is 2.54. The lowest BCUT2D eigenvalue weighted by Gasteiger charge is -2.25. The standard InChI is InChI=1S/C40H30OS/c1-2-25-21-31-12-8-13-33-38(28-9-4-3-5-10-28)35(24-41)34-22-29(19-20-32(34)39(25)40(31)33)26-15-17-27(18-16-26)37-23-30-11-6-7-14-36(30)42-37/h3-24,35,38-39H,2H2,1H3. The summed E-state index contributed by atoms with van der Waals surface area (Å²) in [4.78, 5) is 14.4. The second-order valence-electron chi connectivity index (χ2n) is 11.5. The summed E-state index contributed by atoms with van der Waals surface area (Å²) in [6.45, 7) is 2.25. The van der Waals surface area contributed by atoms with Gasteiger partial charge in [0.05, 0.1) is 5.92 Å². The Morgan fingerprint density at radius 3 is 2.24 bits per heavy atom. The van der Waals surface area contributed by atoms with E-state index in [4.69, 9.17) is 0 Å². The van der Waals surface area contributed by atoms with Crippen LogP contribution in [0.1, 0.15) is 64.5 Å². The third-order valence-electron chi connectivity index (χ3n) is 9.27. The van der Waals surface area contributed by atoms with Crippen LogP contribution in [-0.4, -0.2) is 6.29 Å². The molecule has 1 heterocycles. The minimum Gasteiger partial charge on any atom is -0.303 e. The van der Waals surface area contributed by atoms with Crippen LogP contribution in [0.3, 0.4) is 0 Å².